The fourth-order valence-electron chi connectivity index (χ4n) is 3.68. The molecule has 2 aromatic heterocycles. The van der Waals surface area contributed by atoms with E-state index in [9.17, 15) is 24.3 Å². The maximum absolute atomic E-state index is 13.0. The average Bonchev–Trinajstić information content (AvgIpc) is 3.25. The van der Waals surface area contributed by atoms with Crippen LogP contribution in [0.3, 0.4) is 0 Å². The van der Waals surface area contributed by atoms with Crippen LogP contribution in [0.5, 0.6) is 0 Å². The van der Waals surface area contributed by atoms with Gasteiger partial charge in [0, 0.05) is 28.9 Å². The van der Waals surface area contributed by atoms with Crippen molar-refractivity contribution in [1.82, 2.24) is 14.5 Å². The minimum Gasteiger partial charge on any atom is -0.464 e. The molecule has 0 aliphatic carbocycles. The summed E-state index contributed by atoms with van der Waals surface area (Å²) in [7, 11) is 0. The Morgan fingerprint density at radius 2 is 1.94 bits per heavy atom. The molecule has 0 saturated heterocycles. The van der Waals surface area contributed by atoms with Crippen molar-refractivity contribution in [2.75, 3.05) is 0 Å². The SMILES string of the molecule is CC(C)(C)OC(=O)N1Cc2c(-c3cn(C(=O)O)c4ncccc34)ccc(C=O)c2C1=O. The average molecular weight is 421 g/mol. The van der Waals surface area contributed by atoms with Gasteiger partial charge in [-0.3, -0.25) is 9.59 Å². The van der Waals surface area contributed by atoms with E-state index in [-0.39, 0.29) is 23.3 Å². The standard InChI is InChI=1S/C22H19N3O6/c1-22(2,3)31-21(30)25-10-16-13(7-6-12(11-26)17(16)19(25)27)15-9-24(20(28)29)18-14(15)5-4-8-23-18/h4-9,11H,10H2,1-3H3,(H,28,29). The van der Waals surface area contributed by atoms with Crippen molar-refractivity contribution in [2.45, 2.75) is 32.9 Å². The van der Waals surface area contributed by atoms with E-state index in [1.165, 1.54) is 18.5 Å². The van der Waals surface area contributed by atoms with Crippen LogP contribution in [0.25, 0.3) is 22.2 Å². The molecule has 3 heterocycles. The van der Waals surface area contributed by atoms with Crippen molar-refractivity contribution in [3.05, 3.63) is 53.3 Å². The van der Waals surface area contributed by atoms with Gasteiger partial charge in [0.15, 0.2) is 6.29 Å². The van der Waals surface area contributed by atoms with Gasteiger partial charge in [-0.15, -0.1) is 0 Å². The molecule has 9 nitrogen and oxygen atoms in total. The van der Waals surface area contributed by atoms with Gasteiger partial charge in [0.25, 0.3) is 5.91 Å². The van der Waals surface area contributed by atoms with Gasteiger partial charge in [-0.1, -0.05) is 12.1 Å². The zero-order valence-electron chi connectivity index (χ0n) is 17.1. The third kappa shape index (κ3) is 3.33. The molecule has 0 unspecified atom stereocenters. The number of carboxylic acid groups (broad SMARTS) is 1. The van der Waals surface area contributed by atoms with Crippen molar-refractivity contribution in [2.24, 2.45) is 0 Å². The first-order chi connectivity index (χ1) is 14.6. The van der Waals surface area contributed by atoms with E-state index >= 15 is 0 Å². The predicted octanol–water partition coefficient (Wildman–Crippen LogP) is 3.93. The third-order valence-corrected chi connectivity index (χ3v) is 4.92. The number of pyridine rings is 1. The lowest BCUT2D eigenvalue weighted by Crippen LogP contribution is -2.37. The third-order valence-electron chi connectivity index (χ3n) is 4.92. The second-order valence-electron chi connectivity index (χ2n) is 8.12. The highest BCUT2D eigenvalue weighted by Gasteiger charge is 2.38. The highest BCUT2D eigenvalue weighted by Crippen LogP contribution is 2.38. The van der Waals surface area contributed by atoms with Gasteiger partial charge in [0.2, 0.25) is 0 Å². The van der Waals surface area contributed by atoms with Crippen molar-refractivity contribution in [3.8, 4) is 11.1 Å². The number of amides is 2. The molecule has 0 bridgehead atoms. The lowest BCUT2D eigenvalue weighted by molar-refractivity contribution is 0.0247. The second-order valence-corrected chi connectivity index (χ2v) is 8.12. The number of rotatable bonds is 2. The highest BCUT2D eigenvalue weighted by molar-refractivity contribution is 6.13. The van der Waals surface area contributed by atoms with Gasteiger partial charge in [-0.05, 0) is 44.0 Å². The number of carbonyl (C=O) groups is 4. The molecule has 0 saturated carbocycles. The van der Waals surface area contributed by atoms with Crippen LogP contribution >= 0.6 is 0 Å². The molecule has 31 heavy (non-hydrogen) atoms. The Balaban J connectivity index is 1.90. The number of imide groups is 1. The van der Waals surface area contributed by atoms with Crippen LogP contribution < -0.4 is 0 Å². The molecule has 158 valence electrons. The predicted molar refractivity (Wildman–Crippen MR) is 110 cm³/mol. The van der Waals surface area contributed by atoms with Gasteiger partial charge in [-0.25, -0.2) is 24.0 Å². The molecule has 4 rings (SSSR count). The molecular formula is C22H19N3O6. The number of benzene rings is 1. The van der Waals surface area contributed by atoms with Crippen molar-refractivity contribution in [3.63, 3.8) is 0 Å². The van der Waals surface area contributed by atoms with E-state index in [1.807, 2.05) is 0 Å². The number of hydrogen-bond donors (Lipinski definition) is 1. The van der Waals surface area contributed by atoms with Crippen molar-refractivity contribution >= 4 is 35.4 Å². The summed E-state index contributed by atoms with van der Waals surface area (Å²) in [6, 6.07) is 6.52. The summed E-state index contributed by atoms with van der Waals surface area (Å²) in [5, 5.41) is 10.1. The molecular weight excluding hydrogens is 402 g/mol. The first-order valence-electron chi connectivity index (χ1n) is 9.48. The van der Waals surface area contributed by atoms with E-state index in [0.717, 1.165) is 9.47 Å². The molecule has 0 radical (unpaired) electrons. The smallest absolute Gasteiger partial charge is 0.417 e. The first kappa shape index (κ1) is 20.3. The van der Waals surface area contributed by atoms with Gasteiger partial charge < -0.3 is 9.84 Å². The topological polar surface area (TPSA) is 119 Å². The summed E-state index contributed by atoms with van der Waals surface area (Å²) in [6.45, 7) is 4.97. The summed E-state index contributed by atoms with van der Waals surface area (Å²) in [6.07, 6.45) is 1.44. The van der Waals surface area contributed by atoms with E-state index in [0.29, 0.717) is 28.4 Å². The van der Waals surface area contributed by atoms with Crippen LogP contribution in [0.2, 0.25) is 0 Å². The van der Waals surface area contributed by atoms with Gasteiger partial charge >= 0.3 is 12.2 Å². The first-order valence-corrected chi connectivity index (χ1v) is 9.48. The maximum Gasteiger partial charge on any atom is 0.417 e. The second kappa shape index (κ2) is 7.05. The number of aromatic nitrogens is 2. The Hall–Kier alpha value is -4.01. The largest absolute Gasteiger partial charge is 0.464 e. The van der Waals surface area contributed by atoms with Gasteiger partial charge in [-0.2, -0.15) is 0 Å². The Labute approximate surface area is 176 Å². The Kier molecular flexibility index (Phi) is 4.61. The molecule has 2 amide bonds. The Bertz CT molecular complexity index is 1270. The summed E-state index contributed by atoms with van der Waals surface area (Å²) in [5.41, 5.74) is 1.22. The number of carbonyl (C=O) groups excluding carboxylic acids is 3. The number of hydrogen-bond acceptors (Lipinski definition) is 6. The zero-order chi connectivity index (χ0) is 22.5. The van der Waals surface area contributed by atoms with E-state index < -0.39 is 23.7 Å². The Morgan fingerprint density at radius 1 is 1.19 bits per heavy atom. The van der Waals surface area contributed by atoms with Crippen LogP contribution in [-0.2, 0) is 11.3 Å². The van der Waals surface area contributed by atoms with Crippen LogP contribution in [0.4, 0.5) is 9.59 Å². The number of fused-ring (bicyclic) bond motifs is 2. The molecule has 1 aromatic carbocycles. The fraction of sp³-hybridized carbons (Fsp3) is 0.227. The highest BCUT2D eigenvalue weighted by atomic mass is 16.6. The molecule has 1 aliphatic heterocycles. The molecule has 1 aliphatic rings. The van der Waals surface area contributed by atoms with E-state index in [4.69, 9.17) is 4.74 Å². The minimum absolute atomic E-state index is 0.0971. The quantitative estimate of drug-likeness (QED) is 0.623. The number of nitrogens with zero attached hydrogens (tertiary/aromatic N) is 3. The summed E-state index contributed by atoms with van der Waals surface area (Å²) < 4.78 is 6.33. The summed E-state index contributed by atoms with van der Waals surface area (Å²) in [5.74, 6) is -0.631. The number of aldehydes is 1. The molecule has 0 atom stereocenters. The van der Waals surface area contributed by atoms with E-state index in [2.05, 4.69) is 4.98 Å². The molecule has 0 fully saturated rings. The van der Waals surface area contributed by atoms with Crippen LogP contribution in [-0.4, -0.2) is 49.5 Å². The maximum atomic E-state index is 13.0. The minimum atomic E-state index is -1.21. The van der Waals surface area contributed by atoms with Crippen LogP contribution in [0.1, 0.15) is 47.1 Å². The molecule has 0 spiro atoms. The lowest BCUT2D eigenvalue weighted by Gasteiger charge is -2.23. The number of ether oxygens (including phenoxy) is 1. The molecule has 9 heteroatoms. The van der Waals surface area contributed by atoms with Crippen LogP contribution in [0.15, 0.2) is 36.7 Å². The monoisotopic (exact) mass is 421 g/mol. The Morgan fingerprint density at radius 3 is 2.58 bits per heavy atom. The van der Waals surface area contributed by atoms with Gasteiger partial charge in [0.1, 0.15) is 11.2 Å². The van der Waals surface area contributed by atoms with E-state index in [1.54, 1.807) is 39.0 Å². The van der Waals surface area contributed by atoms with Gasteiger partial charge in [0.05, 0.1) is 12.1 Å². The molecule has 3 aromatic rings. The molecule has 1 N–H and O–H groups in total. The lowest BCUT2D eigenvalue weighted by atomic mass is 9.94. The van der Waals surface area contributed by atoms with Crippen molar-refractivity contribution in [1.29, 1.82) is 0 Å². The summed E-state index contributed by atoms with van der Waals surface area (Å²) in [4.78, 5) is 54.0. The van der Waals surface area contributed by atoms with Crippen molar-refractivity contribution < 1.29 is 29.0 Å². The zero-order valence-corrected chi connectivity index (χ0v) is 17.1. The summed E-state index contributed by atoms with van der Waals surface area (Å²) >= 11 is 0. The van der Waals surface area contributed by atoms with Crippen LogP contribution in [0, 0.1) is 0 Å². The normalized spacial score (nSPS) is 13.4. The fourth-order valence-corrected chi connectivity index (χ4v) is 3.68.